The van der Waals surface area contributed by atoms with Crippen molar-refractivity contribution in [3.05, 3.63) is 182 Å². The van der Waals surface area contributed by atoms with Crippen molar-refractivity contribution >= 4 is 28.8 Å². The van der Waals surface area contributed by atoms with Crippen LogP contribution in [0.15, 0.2) is 182 Å². The van der Waals surface area contributed by atoms with Gasteiger partial charge >= 0.3 is 0 Å². The molecule has 0 bridgehead atoms. The van der Waals surface area contributed by atoms with Crippen LogP contribution in [0.4, 0.5) is 0 Å². The van der Waals surface area contributed by atoms with Crippen molar-refractivity contribution in [1.29, 1.82) is 0 Å². The second-order valence-corrected chi connectivity index (χ2v) is 16.0. The van der Waals surface area contributed by atoms with Crippen LogP contribution in [0.5, 0.6) is 0 Å². The molecule has 6 aromatic carbocycles. The number of benzene rings is 6. The van der Waals surface area contributed by atoms with Crippen LogP contribution in [0.2, 0.25) is 0 Å². The highest BCUT2D eigenvalue weighted by Gasteiger charge is 2.49. The third-order valence-corrected chi connectivity index (χ3v) is 14.4. The average Bonchev–Trinajstić information content (AvgIpc) is 3.50. The van der Waals surface area contributed by atoms with Crippen LogP contribution in [-0.4, -0.2) is 28.0 Å². The van der Waals surface area contributed by atoms with E-state index in [0.29, 0.717) is 23.2 Å². The number of rotatable bonds is 6. The van der Waals surface area contributed by atoms with E-state index >= 15 is 0 Å². The monoisotopic (exact) mass is 642 g/mol. The van der Waals surface area contributed by atoms with Crippen molar-refractivity contribution in [2.75, 3.05) is 0 Å². The molecule has 8 aromatic rings. The maximum absolute atomic E-state index is 4.93. The molecule has 0 spiro atoms. The highest BCUT2D eigenvalue weighted by atomic mass is 28.3. The smallest absolute Gasteiger partial charge is 0.182 e. The Balaban J connectivity index is 1.20. The lowest BCUT2D eigenvalue weighted by Gasteiger charge is -2.31. The first-order chi connectivity index (χ1) is 24.3. The van der Waals surface area contributed by atoms with Gasteiger partial charge < -0.3 is 0 Å². The SMILES string of the molecule is c1ccc(-c2nc(-c3ccc(-c4cccc5c4-c4ccccc4[Si]5(c4ccccc4)c4ccccc4)cc3)nc(-c3ccccn3)n2)cc1. The summed E-state index contributed by atoms with van der Waals surface area (Å²) in [5, 5.41) is 5.66. The minimum Gasteiger partial charge on any atom is -0.253 e. The number of hydrogen-bond acceptors (Lipinski definition) is 4. The molecule has 4 nitrogen and oxygen atoms in total. The van der Waals surface area contributed by atoms with Gasteiger partial charge in [-0.1, -0.05) is 164 Å². The molecule has 5 heteroatoms. The summed E-state index contributed by atoms with van der Waals surface area (Å²) in [6, 6.07) is 62.6. The van der Waals surface area contributed by atoms with Crippen molar-refractivity contribution in [2.45, 2.75) is 0 Å². The molecule has 1 aliphatic rings. The van der Waals surface area contributed by atoms with Crippen molar-refractivity contribution in [1.82, 2.24) is 19.9 Å². The fourth-order valence-corrected chi connectivity index (χ4v) is 12.6. The van der Waals surface area contributed by atoms with Gasteiger partial charge in [0.05, 0.1) is 0 Å². The van der Waals surface area contributed by atoms with E-state index in [9.17, 15) is 0 Å². The second-order valence-electron chi connectivity index (χ2n) is 12.2. The highest BCUT2D eigenvalue weighted by molar-refractivity contribution is 7.22. The van der Waals surface area contributed by atoms with E-state index in [1.54, 1.807) is 6.20 Å². The maximum Gasteiger partial charge on any atom is 0.182 e. The Hall–Kier alpha value is -6.30. The predicted molar refractivity (Wildman–Crippen MR) is 202 cm³/mol. The largest absolute Gasteiger partial charge is 0.253 e. The topological polar surface area (TPSA) is 51.6 Å². The number of aromatic nitrogens is 4. The fraction of sp³-hybridized carbons (Fsp3) is 0. The van der Waals surface area contributed by atoms with E-state index in [1.165, 1.54) is 37.4 Å². The van der Waals surface area contributed by atoms with Gasteiger partial charge in [-0.05, 0) is 55.1 Å². The zero-order valence-corrected chi connectivity index (χ0v) is 27.6. The molecule has 0 N–H and O–H groups in total. The Bertz CT molecular complexity index is 2320. The van der Waals surface area contributed by atoms with Gasteiger partial charge in [0.1, 0.15) is 5.69 Å². The number of pyridine rings is 1. The molecule has 0 saturated heterocycles. The van der Waals surface area contributed by atoms with Gasteiger partial charge in [0.15, 0.2) is 25.5 Å². The molecule has 2 aromatic heterocycles. The summed E-state index contributed by atoms with van der Waals surface area (Å²) in [6.45, 7) is 0. The molecule has 0 aliphatic carbocycles. The first-order valence-corrected chi connectivity index (χ1v) is 18.5. The Labute approximate surface area is 286 Å². The van der Waals surface area contributed by atoms with E-state index < -0.39 is 8.07 Å². The summed E-state index contributed by atoms with van der Waals surface area (Å²) in [7, 11) is -2.56. The summed E-state index contributed by atoms with van der Waals surface area (Å²) < 4.78 is 0. The third kappa shape index (κ3) is 4.83. The lowest BCUT2D eigenvalue weighted by atomic mass is 9.94. The number of fused-ring (bicyclic) bond motifs is 3. The van der Waals surface area contributed by atoms with Crippen LogP contribution in [-0.2, 0) is 0 Å². The van der Waals surface area contributed by atoms with E-state index in [-0.39, 0.29) is 0 Å². The Morgan fingerprint density at radius 3 is 1.51 bits per heavy atom. The summed E-state index contributed by atoms with van der Waals surface area (Å²) >= 11 is 0. The molecule has 0 fully saturated rings. The highest BCUT2D eigenvalue weighted by Crippen LogP contribution is 2.37. The van der Waals surface area contributed by atoms with E-state index in [1.807, 2.05) is 48.5 Å². The van der Waals surface area contributed by atoms with E-state index in [2.05, 4.69) is 132 Å². The quantitative estimate of drug-likeness (QED) is 0.179. The summed E-state index contributed by atoms with van der Waals surface area (Å²) in [5.41, 5.74) is 7.60. The maximum atomic E-state index is 4.93. The fourth-order valence-electron chi connectivity index (χ4n) is 7.36. The molecule has 9 rings (SSSR count). The molecular weight excluding hydrogens is 613 g/mol. The first kappa shape index (κ1) is 28.9. The van der Waals surface area contributed by atoms with Gasteiger partial charge in [-0.3, -0.25) is 4.98 Å². The number of nitrogens with zero attached hydrogens (tertiary/aromatic N) is 4. The lowest BCUT2D eigenvalue weighted by Crippen LogP contribution is -2.72. The molecule has 3 heterocycles. The van der Waals surface area contributed by atoms with Crippen molar-refractivity contribution in [3.63, 3.8) is 0 Å². The molecule has 0 amide bonds. The van der Waals surface area contributed by atoms with Crippen LogP contribution in [0.1, 0.15) is 0 Å². The normalized spacial score (nSPS) is 12.7. The van der Waals surface area contributed by atoms with Gasteiger partial charge in [-0.15, -0.1) is 0 Å². The van der Waals surface area contributed by atoms with Crippen LogP contribution >= 0.6 is 0 Å². The van der Waals surface area contributed by atoms with Crippen LogP contribution in [0.3, 0.4) is 0 Å². The van der Waals surface area contributed by atoms with Crippen molar-refractivity contribution in [3.8, 4) is 56.5 Å². The molecule has 1 aliphatic heterocycles. The third-order valence-electron chi connectivity index (χ3n) is 9.50. The molecule has 0 saturated carbocycles. The van der Waals surface area contributed by atoms with Gasteiger partial charge in [-0.25, -0.2) is 15.0 Å². The van der Waals surface area contributed by atoms with E-state index in [4.69, 9.17) is 15.0 Å². The zero-order valence-electron chi connectivity index (χ0n) is 26.6. The molecule has 0 radical (unpaired) electrons. The van der Waals surface area contributed by atoms with Crippen LogP contribution < -0.4 is 20.7 Å². The molecular formula is C44H30N4Si. The molecule has 0 atom stereocenters. The zero-order chi connectivity index (χ0) is 32.6. The van der Waals surface area contributed by atoms with E-state index in [0.717, 1.165) is 16.7 Å². The summed E-state index contributed by atoms with van der Waals surface area (Å²) in [6.07, 6.45) is 1.76. The molecule has 230 valence electrons. The average molecular weight is 643 g/mol. The van der Waals surface area contributed by atoms with Gasteiger partial charge in [0.25, 0.3) is 0 Å². The molecule has 49 heavy (non-hydrogen) atoms. The summed E-state index contributed by atoms with van der Waals surface area (Å²) in [4.78, 5) is 19.2. The minimum atomic E-state index is -2.56. The van der Waals surface area contributed by atoms with Gasteiger partial charge in [-0.2, -0.15) is 0 Å². The minimum absolute atomic E-state index is 0.550. The van der Waals surface area contributed by atoms with Gasteiger partial charge in [0, 0.05) is 17.3 Å². The predicted octanol–water partition coefficient (Wildman–Crippen LogP) is 7.29. The Morgan fingerprint density at radius 2 is 0.857 bits per heavy atom. The first-order valence-electron chi connectivity index (χ1n) is 16.5. The standard InChI is InChI=1S/C44H30N4Si/c1-4-15-32(16-5-1)42-46-43(48-44(47-42)38-23-12-13-30-45-38)33-28-26-31(27-29-33)36-22-14-25-40-41(36)37-21-10-11-24-39(37)49(40,34-17-6-2-7-18-34)35-19-8-3-9-20-35/h1-30H. The van der Waals surface area contributed by atoms with Crippen LogP contribution in [0, 0.1) is 0 Å². The number of hydrogen-bond donors (Lipinski definition) is 0. The van der Waals surface area contributed by atoms with Crippen LogP contribution in [0.25, 0.3) is 56.5 Å². The lowest BCUT2D eigenvalue weighted by molar-refractivity contribution is 1.06. The Morgan fingerprint density at radius 1 is 0.347 bits per heavy atom. The molecule has 0 unspecified atom stereocenters. The van der Waals surface area contributed by atoms with Crippen molar-refractivity contribution < 1.29 is 0 Å². The Kier molecular flexibility index (Phi) is 7.10. The summed E-state index contributed by atoms with van der Waals surface area (Å²) in [5.74, 6) is 1.79. The van der Waals surface area contributed by atoms with Gasteiger partial charge in [0.2, 0.25) is 0 Å². The van der Waals surface area contributed by atoms with Crippen molar-refractivity contribution in [2.24, 2.45) is 0 Å². The second kappa shape index (κ2) is 12.1.